The maximum Gasteiger partial charge on any atom is 0.241 e. The molecule has 4 rings (SSSR count). The summed E-state index contributed by atoms with van der Waals surface area (Å²) in [6.45, 7) is 6.59. The van der Waals surface area contributed by atoms with Crippen molar-refractivity contribution in [2.24, 2.45) is 0 Å². The lowest BCUT2D eigenvalue weighted by molar-refractivity contribution is 0.0449. The van der Waals surface area contributed by atoms with E-state index >= 15 is 0 Å². The normalized spacial score (nSPS) is 18.0. The van der Waals surface area contributed by atoms with E-state index in [0.717, 1.165) is 38.2 Å². The topological polar surface area (TPSA) is 65.6 Å². The van der Waals surface area contributed by atoms with Gasteiger partial charge in [0.2, 0.25) is 11.7 Å². The minimum absolute atomic E-state index is 0.185. The predicted molar refractivity (Wildman–Crippen MR) is 117 cm³/mol. The molecule has 1 N–H and O–H groups in total. The summed E-state index contributed by atoms with van der Waals surface area (Å²) in [4.78, 5) is 9.35. The van der Waals surface area contributed by atoms with Crippen LogP contribution in [0.4, 0.5) is 0 Å². The number of halogens is 1. The molecule has 0 bridgehead atoms. The monoisotopic (exact) mass is 426 g/mol. The second-order valence-corrected chi connectivity index (χ2v) is 8.25. The second kappa shape index (κ2) is 9.71. The quantitative estimate of drug-likeness (QED) is 0.620. The van der Waals surface area contributed by atoms with Crippen LogP contribution in [0, 0.1) is 6.92 Å². The molecule has 158 valence electrons. The summed E-state index contributed by atoms with van der Waals surface area (Å²) in [5.74, 6) is 1.18. The summed E-state index contributed by atoms with van der Waals surface area (Å²) < 4.78 is 5.49. The summed E-state index contributed by atoms with van der Waals surface area (Å²) in [5, 5.41) is 14.4. The lowest BCUT2D eigenvalue weighted by Gasteiger charge is -2.41. The fraction of sp³-hybridized carbons (Fsp3) is 0.391. The fourth-order valence-corrected chi connectivity index (χ4v) is 4.09. The van der Waals surface area contributed by atoms with Crippen LogP contribution in [-0.4, -0.2) is 57.3 Å². The van der Waals surface area contributed by atoms with Gasteiger partial charge in [0.05, 0.1) is 6.54 Å². The molecule has 1 saturated heterocycles. The first-order chi connectivity index (χ1) is 14.6. The van der Waals surface area contributed by atoms with Gasteiger partial charge in [0, 0.05) is 49.4 Å². The van der Waals surface area contributed by atoms with Gasteiger partial charge in [0.1, 0.15) is 0 Å². The van der Waals surface area contributed by atoms with Gasteiger partial charge in [-0.15, -0.1) is 0 Å². The molecule has 1 aliphatic rings. The summed E-state index contributed by atoms with van der Waals surface area (Å²) in [6, 6.07) is 16.2. The van der Waals surface area contributed by atoms with Crippen molar-refractivity contribution in [3.05, 3.63) is 70.6 Å². The molecule has 1 aromatic heterocycles. The van der Waals surface area contributed by atoms with E-state index in [1.165, 1.54) is 11.1 Å². The van der Waals surface area contributed by atoms with E-state index in [-0.39, 0.29) is 6.61 Å². The maximum atomic E-state index is 9.59. The van der Waals surface area contributed by atoms with Crippen molar-refractivity contribution >= 4 is 11.6 Å². The van der Waals surface area contributed by atoms with Crippen LogP contribution in [0.1, 0.15) is 23.4 Å². The van der Waals surface area contributed by atoms with Crippen LogP contribution in [-0.2, 0) is 13.1 Å². The van der Waals surface area contributed by atoms with Crippen LogP contribution in [0.2, 0.25) is 5.02 Å². The molecule has 0 radical (unpaired) electrons. The Labute approximate surface area is 182 Å². The molecular weight excluding hydrogens is 400 g/mol. The zero-order valence-electron chi connectivity index (χ0n) is 17.2. The largest absolute Gasteiger partial charge is 0.396 e. The molecule has 0 amide bonds. The van der Waals surface area contributed by atoms with Gasteiger partial charge in [0.15, 0.2) is 0 Å². The van der Waals surface area contributed by atoms with E-state index < -0.39 is 0 Å². The number of aliphatic hydroxyl groups is 1. The average Bonchev–Trinajstić information content (AvgIpc) is 3.20. The Morgan fingerprint density at radius 3 is 2.67 bits per heavy atom. The fourth-order valence-electron chi connectivity index (χ4n) is 3.96. The molecule has 0 saturated carbocycles. The van der Waals surface area contributed by atoms with Crippen molar-refractivity contribution in [3.8, 4) is 11.4 Å². The lowest BCUT2D eigenvalue weighted by atomic mass is 10.0. The number of hydrogen-bond acceptors (Lipinski definition) is 6. The van der Waals surface area contributed by atoms with E-state index in [2.05, 4.69) is 51.1 Å². The summed E-state index contributed by atoms with van der Waals surface area (Å²) in [5.41, 5.74) is 3.54. The van der Waals surface area contributed by atoms with Crippen molar-refractivity contribution in [2.45, 2.75) is 32.5 Å². The van der Waals surface area contributed by atoms with E-state index in [0.29, 0.717) is 29.3 Å². The van der Waals surface area contributed by atoms with E-state index in [1.54, 1.807) is 0 Å². The van der Waals surface area contributed by atoms with Crippen molar-refractivity contribution < 1.29 is 9.63 Å². The molecule has 1 atom stereocenters. The van der Waals surface area contributed by atoms with Gasteiger partial charge in [-0.2, -0.15) is 4.98 Å². The zero-order chi connectivity index (χ0) is 20.9. The highest BCUT2D eigenvalue weighted by Gasteiger charge is 2.28. The van der Waals surface area contributed by atoms with Gasteiger partial charge in [-0.3, -0.25) is 9.80 Å². The Hall–Kier alpha value is -2.25. The number of nitrogens with zero attached hydrogens (tertiary/aromatic N) is 4. The molecule has 2 aromatic carbocycles. The highest BCUT2D eigenvalue weighted by molar-refractivity contribution is 6.30. The van der Waals surface area contributed by atoms with Gasteiger partial charge in [-0.25, -0.2) is 0 Å². The molecule has 3 aromatic rings. The molecule has 6 nitrogen and oxygen atoms in total. The Kier molecular flexibility index (Phi) is 6.79. The van der Waals surface area contributed by atoms with Crippen molar-refractivity contribution in [1.29, 1.82) is 0 Å². The van der Waals surface area contributed by atoms with E-state index in [4.69, 9.17) is 16.1 Å². The Bertz CT molecular complexity index is 960. The standard InChI is InChI=1S/C23H27ClN4O2/c1-17-4-2-3-5-19(17)14-28-12-11-27(15-21(28)10-13-29)16-22-25-23(26-30-22)18-6-8-20(24)9-7-18/h2-9,21,29H,10-16H2,1H3. The number of aromatic nitrogens is 2. The Morgan fingerprint density at radius 2 is 1.90 bits per heavy atom. The average molecular weight is 427 g/mol. The van der Waals surface area contributed by atoms with Gasteiger partial charge < -0.3 is 9.63 Å². The third-order valence-corrected chi connectivity index (χ3v) is 5.97. The smallest absolute Gasteiger partial charge is 0.241 e. The third-order valence-electron chi connectivity index (χ3n) is 5.72. The first kappa shape index (κ1) is 21.0. The first-order valence-corrected chi connectivity index (χ1v) is 10.7. The molecule has 0 aliphatic carbocycles. The van der Waals surface area contributed by atoms with Gasteiger partial charge in [-0.1, -0.05) is 41.0 Å². The molecule has 1 aliphatic heterocycles. The lowest BCUT2D eigenvalue weighted by Crippen LogP contribution is -2.52. The molecule has 30 heavy (non-hydrogen) atoms. The summed E-state index contributed by atoms with van der Waals surface area (Å²) in [7, 11) is 0. The van der Waals surface area contributed by atoms with Crippen LogP contribution < -0.4 is 0 Å². The third kappa shape index (κ3) is 5.08. The van der Waals surface area contributed by atoms with Crippen molar-refractivity contribution in [1.82, 2.24) is 19.9 Å². The van der Waals surface area contributed by atoms with Gasteiger partial charge >= 0.3 is 0 Å². The molecule has 1 unspecified atom stereocenters. The maximum absolute atomic E-state index is 9.59. The summed E-state index contributed by atoms with van der Waals surface area (Å²) >= 11 is 5.95. The van der Waals surface area contributed by atoms with Crippen molar-refractivity contribution in [3.63, 3.8) is 0 Å². The van der Waals surface area contributed by atoms with Gasteiger partial charge in [-0.05, 0) is 48.7 Å². The molecule has 7 heteroatoms. The van der Waals surface area contributed by atoms with Gasteiger partial charge in [0.25, 0.3) is 0 Å². The Balaban J connectivity index is 1.39. The molecular formula is C23H27ClN4O2. The first-order valence-electron chi connectivity index (χ1n) is 10.3. The minimum Gasteiger partial charge on any atom is -0.396 e. The second-order valence-electron chi connectivity index (χ2n) is 7.82. The number of aryl methyl sites for hydroxylation is 1. The van der Waals surface area contributed by atoms with Crippen LogP contribution in [0.3, 0.4) is 0 Å². The number of piperazine rings is 1. The SMILES string of the molecule is Cc1ccccc1CN1CCN(Cc2nc(-c3ccc(Cl)cc3)no2)CC1CCO. The van der Waals surface area contributed by atoms with Crippen LogP contribution in [0.15, 0.2) is 53.1 Å². The predicted octanol–water partition coefficient (Wildman–Crippen LogP) is 3.77. The molecule has 1 fully saturated rings. The number of hydrogen-bond donors (Lipinski definition) is 1. The summed E-state index contributed by atoms with van der Waals surface area (Å²) in [6.07, 6.45) is 0.752. The molecule has 2 heterocycles. The highest BCUT2D eigenvalue weighted by Crippen LogP contribution is 2.22. The van der Waals surface area contributed by atoms with Crippen molar-refractivity contribution in [2.75, 3.05) is 26.2 Å². The number of aliphatic hydroxyl groups excluding tert-OH is 1. The Morgan fingerprint density at radius 1 is 1.10 bits per heavy atom. The van der Waals surface area contributed by atoms with Crippen LogP contribution >= 0.6 is 11.6 Å². The van der Waals surface area contributed by atoms with Crippen LogP contribution in [0.5, 0.6) is 0 Å². The minimum atomic E-state index is 0.185. The van der Waals surface area contributed by atoms with E-state index in [9.17, 15) is 5.11 Å². The van der Waals surface area contributed by atoms with E-state index in [1.807, 2.05) is 24.3 Å². The number of rotatable bonds is 7. The molecule has 0 spiro atoms. The zero-order valence-corrected chi connectivity index (χ0v) is 17.9. The van der Waals surface area contributed by atoms with Crippen LogP contribution in [0.25, 0.3) is 11.4 Å². The number of benzene rings is 2. The highest BCUT2D eigenvalue weighted by atomic mass is 35.5.